The van der Waals surface area contributed by atoms with Crippen molar-refractivity contribution in [2.75, 3.05) is 0 Å². The van der Waals surface area contributed by atoms with Crippen LogP contribution >= 0.6 is 34.5 Å². The van der Waals surface area contributed by atoms with E-state index in [2.05, 4.69) is 20.2 Å². The van der Waals surface area contributed by atoms with Gasteiger partial charge in [0, 0.05) is 23.2 Å². The molecule has 0 aliphatic heterocycles. The van der Waals surface area contributed by atoms with Gasteiger partial charge in [-0.15, -0.1) is 21.5 Å². The monoisotopic (exact) mass is 387 g/mol. The smallest absolute Gasteiger partial charge is 0.173 e. The van der Waals surface area contributed by atoms with Crippen molar-refractivity contribution in [2.24, 2.45) is 0 Å². The third kappa shape index (κ3) is 3.56. The molecule has 0 radical (unpaired) electrons. The van der Waals surface area contributed by atoms with E-state index in [1.807, 2.05) is 30.3 Å². The Hall–Kier alpha value is -2.28. The quantitative estimate of drug-likeness (QED) is 0.506. The summed E-state index contributed by atoms with van der Waals surface area (Å²) in [6.07, 6.45) is 3.90. The maximum atomic E-state index is 6.01. The normalized spacial score (nSPS) is 11.0. The van der Waals surface area contributed by atoms with E-state index in [0.29, 0.717) is 22.4 Å². The highest BCUT2D eigenvalue weighted by atomic mass is 35.5. The average molecular weight is 388 g/mol. The van der Waals surface area contributed by atoms with Crippen LogP contribution in [-0.2, 0) is 6.42 Å². The Balaban J connectivity index is 1.77. The molecular formula is C17H11Cl2N5S. The number of halogens is 2. The summed E-state index contributed by atoms with van der Waals surface area (Å²) in [6.45, 7) is 0. The van der Waals surface area contributed by atoms with Crippen LogP contribution in [0.25, 0.3) is 21.3 Å². The van der Waals surface area contributed by atoms with Crippen molar-refractivity contribution in [1.29, 1.82) is 0 Å². The summed E-state index contributed by atoms with van der Waals surface area (Å²) in [4.78, 5) is 12.8. The number of H-pyrrole nitrogens is 1. The van der Waals surface area contributed by atoms with Gasteiger partial charge in [0.15, 0.2) is 5.82 Å². The first kappa shape index (κ1) is 16.2. The molecule has 1 aromatic carbocycles. The summed E-state index contributed by atoms with van der Waals surface area (Å²) >= 11 is 13.5. The van der Waals surface area contributed by atoms with Crippen LogP contribution in [0.2, 0.25) is 10.2 Å². The van der Waals surface area contributed by atoms with Crippen LogP contribution in [0.3, 0.4) is 0 Å². The first-order valence-corrected chi connectivity index (χ1v) is 8.99. The van der Waals surface area contributed by atoms with Gasteiger partial charge in [0.2, 0.25) is 0 Å². The molecule has 0 unspecified atom stereocenters. The van der Waals surface area contributed by atoms with E-state index in [1.54, 1.807) is 29.9 Å². The van der Waals surface area contributed by atoms with E-state index in [-0.39, 0.29) is 0 Å². The lowest BCUT2D eigenvalue weighted by molar-refractivity contribution is 1.08. The third-order valence-corrected chi connectivity index (χ3v) is 5.20. The molecule has 8 heteroatoms. The highest BCUT2D eigenvalue weighted by molar-refractivity contribution is 7.18. The molecule has 0 aliphatic rings. The maximum absolute atomic E-state index is 6.01. The molecule has 3 aromatic heterocycles. The lowest BCUT2D eigenvalue weighted by Gasteiger charge is -2.01. The average Bonchev–Trinajstić information content (AvgIpc) is 3.26. The first-order valence-electron chi connectivity index (χ1n) is 7.41. The summed E-state index contributed by atoms with van der Waals surface area (Å²) in [5.74, 6) is 0.702. The number of benzene rings is 1. The Labute approximate surface area is 157 Å². The van der Waals surface area contributed by atoms with Crippen molar-refractivity contribution < 1.29 is 0 Å². The molecule has 0 atom stereocenters. The number of aromatic nitrogens is 5. The van der Waals surface area contributed by atoms with Gasteiger partial charge in [-0.25, -0.2) is 9.97 Å². The topological polar surface area (TPSA) is 67.3 Å². The van der Waals surface area contributed by atoms with E-state index in [9.17, 15) is 0 Å². The van der Waals surface area contributed by atoms with Crippen molar-refractivity contribution >= 4 is 34.5 Å². The number of pyridine rings is 1. The minimum atomic E-state index is 0.438. The molecule has 3 heterocycles. The standard InChI is InChI=1S/C17H11Cl2N5S/c18-12-3-1-10(2-4-12)7-13-15(16-21-9-22-24-16)25-17(23-13)11-5-6-20-14(19)8-11/h1-6,8-9H,7H2,(H,21,22,24). The fraction of sp³-hybridized carbons (Fsp3) is 0.0588. The van der Waals surface area contributed by atoms with Gasteiger partial charge in [-0.1, -0.05) is 35.3 Å². The molecule has 4 rings (SSSR count). The number of thiazole rings is 1. The largest absolute Gasteiger partial charge is 0.327 e. The summed E-state index contributed by atoms with van der Waals surface area (Å²) in [7, 11) is 0. The minimum Gasteiger partial charge on any atom is -0.327 e. The second-order valence-electron chi connectivity index (χ2n) is 5.30. The molecule has 1 N–H and O–H groups in total. The zero-order valence-corrected chi connectivity index (χ0v) is 15.1. The van der Waals surface area contributed by atoms with E-state index in [0.717, 1.165) is 26.7 Å². The van der Waals surface area contributed by atoms with Gasteiger partial charge in [0.05, 0.1) is 10.6 Å². The molecule has 0 spiro atoms. The molecule has 25 heavy (non-hydrogen) atoms. The fourth-order valence-electron chi connectivity index (χ4n) is 2.43. The van der Waals surface area contributed by atoms with Crippen LogP contribution < -0.4 is 0 Å². The Kier molecular flexibility index (Phi) is 4.48. The fourth-order valence-corrected chi connectivity index (χ4v) is 3.75. The molecule has 0 bridgehead atoms. The third-order valence-electron chi connectivity index (χ3n) is 3.59. The molecule has 0 amide bonds. The molecule has 4 aromatic rings. The Morgan fingerprint density at radius 2 is 1.92 bits per heavy atom. The summed E-state index contributed by atoms with van der Waals surface area (Å²) in [5, 5.41) is 10.0. The van der Waals surface area contributed by atoms with Gasteiger partial charge in [0.1, 0.15) is 16.5 Å². The molecule has 0 saturated carbocycles. The van der Waals surface area contributed by atoms with Crippen LogP contribution in [0.15, 0.2) is 48.9 Å². The molecule has 0 fully saturated rings. The van der Waals surface area contributed by atoms with Gasteiger partial charge in [-0.3, -0.25) is 0 Å². The lowest BCUT2D eigenvalue weighted by atomic mass is 10.1. The second-order valence-corrected chi connectivity index (χ2v) is 7.13. The van der Waals surface area contributed by atoms with Crippen molar-refractivity contribution in [3.05, 3.63) is 70.4 Å². The second kappa shape index (κ2) is 6.92. The molecule has 0 aliphatic carbocycles. The molecule has 124 valence electrons. The van der Waals surface area contributed by atoms with Gasteiger partial charge < -0.3 is 4.98 Å². The van der Waals surface area contributed by atoms with Crippen molar-refractivity contribution in [2.45, 2.75) is 6.42 Å². The van der Waals surface area contributed by atoms with Gasteiger partial charge >= 0.3 is 0 Å². The predicted octanol–water partition coefficient (Wildman–Crippen LogP) is 4.89. The number of hydrogen-bond acceptors (Lipinski definition) is 5. The number of hydrogen-bond donors (Lipinski definition) is 1. The van der Waals surface area contributed by atoms with Gasteiger partial charge in [-0.2, -0.15) is 0 Å². The van der Waals surface area contributed by atoms with Crippen LogP contribution in [0.1, 0.15) is 11.3 Å². The summed E-state index contributed by atoms with van der Waals surface area (Å²) in [5.41, 5.74) is 2.97. The zero-order valence-electron chi connectivity index (χ0n) is 12.8. The number of rotatable bonds is 4. The Morgan fingerprint density at radius 3 is 2.64 bits per heavy atom. The SMILES string of the molecule is Clc1ccc(Cc2nc(-c3ccnc(Cl)c3)sc2-c2nnc[nH]2)cc1. The van der Waals surface area contributed by atoms with Crippen LogP contribution in [0.5, 0.6) is 0 Å². The molecule has 0 saturated heterocycles. The van der Waals surface area contributed by atoms with E-state index < -0.39 is 0 Å². The van der Waals surface area contributed by atoms with Gasteiger partial charge in [-0.05, 0) is 29.8 Å². The molecule has 5 nitrogen and oxygen atoms in total. The predicted molar refractivity (Wildman–Crippen MR) is 100.0 cm³/mol. The molecular weight excluding hydrogens is 377 g/mol. The van der Waals surface area contributed by atoms with Crippen molar-refractivity contribution in [3.63, 3.8) is 0 Å². The maximum Gasteiger partial charge on any atom is 0.173 e. The summed E-state index contributed by atoms with van der Waals surface area (Å²) < 4.78 is 0. The van der Waals surface area contributed by atoms with Gasteiger partial charge in [0.25, 0.3) is 0 Å². The van der Waals surface area contributed by atoms with E-state index in [1.165, 1.54) is 0 Å². The zero-order chi connectivity index (χ0) is 17.2. The lowest BCUT2D eigenvalue weighted by Crippen LogP contribution is -1.92. The minimum absolute atomic E-state index is 0.438. The Morgan fingerprint density at radius 1 is 1.08 bits per heavy atom. The first-order chi connectivity index (χ1) is 12.2. The van der Waals surface area contributed by atoms with Crippen LogP contribution in [0, 0.1) is 0 Å². The van der Waals surface area contributed by atoms with E-state index >= 15 is 0 Å². The van der Waals surface area contributed by atoms with Crippen molar-refractivity contribution in [3.8, 4) is 21.3 Å². The summed E-state index contributed by atoms with van der Waals surface area (Å²) in [6, 6.07) is 11.4. The Bertz CT molecular complexity index is 996. The van der Waals surface area contributed by atoms with Crippen LogP contribution in [0.4, 0.5) is 0 Å². The number of nitrogens with zero attached hydrogens (tertiary/aromatic N) is 4. The highest BCUT2D eigenvalue weighted by Crippen LogP contribution is 2.35. The highest BCUT2D eigenvalue weighted by Gasteiger charge is 2.17. The van der Waals surface area contributed by atoms with Crippen LogP contribution in [-0.4, -0.2) is 25.1 Å². The number of nitrogens with one attached hydrogen (secondary N) is 1. The van der Waals surface area contributed by atoms with Crippen molar-refractivity contribution in [1.82, 2.24) is 25.1 Å². The number of aromatic amines is 1. The van der Waals surface area contributed by atoms with E-state index in [4.69, 9.17) is 28.2 Å².